The van der Waals surface area contributed by atoms with Gasteiger partial charge >= 0.3 is 0 Å². The van der Waals surface area contributed by atoms with Gasteiger partial charge in [-0.15, -0.1) is 0 Å². The second kappa shape index (κ2) is 10.1. The van der Waals surface area contributed by atoms with Crippen LogP contribution in [0.5, 0.6) is 5.75 Å². The number of amides is 2. The molecule has 0 radical (unpaired) electrons. The van der Waals surface area contributed by atoms with E-state index in [2.05, 4.69) is 10.2 Å². The predicted molar refractivity (Wildman–Crippen MR) is 101 cm³/mol. The summed E-state index contributed by atoms with van der Waals surface area (Å²) in [4.78, 5) is 27.5. The number of likely N-dealkylation sites (N-methyl/N-ethyl adjacent to an activating group) is 2. The van der Waals surface area contributed by atoms with Gasteiger partial charge in [0.05, 0.1) is 12.6 Å². The number of benzene rings is 1. The average molecular weight is 362 g/mol. The van der Waals surface area contributed by atoms with Crippen molar-refractivity contribution in [3.63, 3.8) is 0 Å². The first-order chi connectivity index (χ1) is 12.5. The number of ether oxygens (including phenoxy) is 1. The lowest BCUT2D eigenvalue weighted by Gasteiger charge is -2.21. The second-order valence-corrected chi connectivity index (χ2v) is 6.64. The van der Waals surface area contributed by atoms with E-state index < -0.39 is 0 Å². The third-order valence-corrected chi connectivity index (χ3v) is 4.60. The van der Waals surface area contributed by atoms with E-state index in [1.807, 2.05) is 43.1 Å². The van der Waals surface area contributed by atoms with Gasteiger partial charge in [0.2, 0.25) is 11.8 Å². The molecule has 26 heavy (non-hydrogen) atoms. The zero-order valence-electron chi connectivity index (χ0n) is 15.7. The molecule has 0 aromatic heterocycles. The van der Waals surface area contributed by atoms with Gasteiger partial charge in [-0.2, -0.15) is 0 Å². The molecule has 1 atom stereocenters. The van der Waals surface area contributed by atoms with Crippen LogP contribution in [0.4, 0.5) is 0 Å². The van der Waals surface area contributed by atoms with Crippen LogP contribution in [0.25, 0.3) is 0 Å². The van der Waals surface area contributed by atoms with Gasteiger partial charge in [0, 0.05) is 26.1 Å². The quantitative estimate of drug-likeness (QED) is 0.657. The van der Waals surface area contributed by atoms with Crippen molar-refractivity contribution in [2.24, 2.45) is 5.73 Å². The van der Waals surface area contributed by atoms with Crippen molar-refractivity contribution in [1.82, 2.24) is 15.1 Å². The van der Waals surface area contributed by atoms with Crippen molar-refractivity contribution in [2.75, 3.05) is 46.4 Å². The first-order valence-electron chi connectivity index (χ1n) is 9.20. The van der Waals surface area contributed by atoms with Crippen LogP contribution in [0.2, 0.25) is 0 Å². The highest BCUT2D eigenvalue weighted by Crippen LogP contribution is 2.14. The number of nitrogens with one attached hydrogen (secondary N) is 1. The van der Waals surface area contributed by atoms with Gasteiger partial charge in [0.15, 0.2) is 0 Å². The smallest absolute Gasteiger partial charge is 0.234 e. The Labute approximate surface area is 155 Å². The molecule has 1 fully saturated rings. The minimum absolute atomic E-state index is 0.189. The van der Waals surface area contributed by atoms with Gasteiger partial charge in [-0.25, -0.2) is 0 Å². The molecule has 1 heterocycles. The topological polar surface area (TPSA) is 87.9 Å². The molecular formula is C19H30N4O3. The average Bonchev–Trinajstić information content (AvgIpc) is 2.78. The number of hydrogen-bond acceptors (Lipinski definition) is 5. The van der Waals surface area contributed by atoms with E-state index in [1.54, 1.807) is 0 Å². The Kier molecular flexibility index (Phi) is 7.87. The standard InChI is InChI=1S/C19H30N4O3/c1-3-21-17(19(20)25)14-15-4-6-16(7-5-15)26-13-12-23-11-10-22(2)9-8-18(23)24/h4-7,17,21H,3,8-14H2,1-2H3,(H2,20,25). The van der Waals surface area contributed by atoms with Crippen LogP contribution in [0.1, 0.15) is 18.9 Å². The molecule has 7 heteroatoms. The van der Waals surface area contributed by atoms with E-state index >= 15 is 0 Å². The maximum absolute atomic E-state index is 12.1. The van der Waals surface area contributed by atoms with Crippen molar-refractivity contribution < 1.29 is 14.3 Å². The minimum Gasteiger partial charge on any atom is -0.492 e. The normalized spacial score (nSPS) is 17.0. The summed E-state index contributed by atoms with van der Waals surface area (Å²) >= 11 is 0. The number of hydrogen-bond donors (Lipinski definition) is 2. The van der Waals surface area contributed by atoms with Crippen molar-refractivity contribution >= 4 is 11.8 Å². The zero-order valence-corrected chi connectivity index (χ0v) is 15.7. The molecule has 2 amide bonds. The molecule has 144 valence electrons. The Hall–Kier alpha value is -2.12. The molecule has 0 saturated carbocycles. The maximum Gasteiger partial charge on any atom is 0.234 e. The molecule has 0 aliphatic carbocycles. The van der Waals surface area contributed by atoms with Crippen molar-refractivity contribution in [1.29, 1.82) is 0 Å². The van der Waals surface area contributed by atoms with E-state index in [9.17, 15) is 9.59 Å². The number of nitrogens with zero attached hydrogens (tertiary/aromatic N) is 2. The SMILES string of the molecule is CCNC(Cc1ccc(OCCN2CCN(C)CCC2=O)cc1)C(N)=O. The molecule has 3 N–H and O–H groups in total. The molecule has 1 aliphatic rings. The number of nitrogens with two attached hydrogens (primary N) is 1. The summed E-state index contributed by atoms with van der Waals surface area (Å²) in [7, 11) is 2.04. The van der Waals surface area contributed by atoms with E-state index in [1.165, 1.54) is 0 Å². The van der Waals surface area contributed by atoms with Crippen LogP contribution in [-0.2, 0) is 16.0 Å². The van der Waals surface area contributed by atoms with Crippen LogP contribution in [0.3, 0.4) is 0 Å². The van der Waals surface area contributed by atoms with Crippen molar-refractivity contribution in [3.8, 4) is 5.75 Å². The van der Waals surface area contributed by atoms with Crippen molar-refractivity contribution in [2.45, 2.75) is 25.8 Å². The van der Waals surface area contributed by atoms with Gasteiger partial charge in [0.1, 0.15) is 12.4 Å². The maximum atomic E-state index is 12.1. The second-order valence-electron chi connectivity index (χ2n) is 6.64. The lowest BCUT2D eigenvalue weighted by Crippen LogP contribution is -2.42. The minimum atomic E-state index is -0.362. The summed E-state index contributed by atoms with van der Waals surface area (Å²) in [5.74, 6) is 0.598. The highest BCUT2D eigenvalue weighted by atomic mass is 16.5. The molecule has 1 saturated heterocycles. The molecule has 1 aromatic carbocycles. The Morgan fingerprint density at radius 2 is 2.00 bits per heavy atom. The summed E-state index contributed by atoms with van der Waals surface area (Å²) in [5.41, 5.74) is 6.43. The third kappa shape index (κ3) is 6.31. The number of carbonyl (C=O) groups excluding carboxylic acids is 2. The Bertz CT molecular complexity index is 591. The highest BCUT2D eigenvalue weighted by molar-refractivity contribution is 5.80. The summed E-state index contributed by atoms with van der Waals surface area (Å²) in [5, 5.41) is 3.08. The fourth-order valence-electron chi connectivity index (χ4n) is 2.96. The summed E-state index contributed by atoms with van der Waals surface area (Å²) in [6.07, 6.45) is 1.12. The predicted octanol–water partition coefficient (Wildman–Crippen LogP) is 0.235. The first-order valence-corrected chi connectivity index (χ1v) is 9.20. The van der Waals surface area contributed by atoms with Crippen molar-refractivity contribution in [3.05, 3.63) is 29.8 Å². The van der Waals surface area contributed by atoms with Crippen LogP contribution in [-0.4, -0.2) is 74.0 Å². The summed E-state index contributed by atoms with van der Waals surface area (Å²) in [6, 6.07) is 7.29. The number of carbonyl (C=O) groups is 2. The van der Waals surface area contributed by atoms with E-state index in [0.29, 0.717) is 32.5 Å². The summed E-state index contributed by atoms with van der Waals surface area (Å²) in [6.45, 7) is 6.16. The Balaban J connectivity index is 1.80. The van der Waals surface area contributed by atoms with Gasteiger partial charge in [-0.05, 0) is 37.7 Å². The largest absolute Gasteiger partial charge is 0.492 e. The zero-order chi connectivity index (χ0) is 18.9. The monoisotopic (exact) mass is 362 g/mol. The van der Waals surface area contributed by atoms with Crippen LogP contribution >= 0.6 is 0 Å². The number of rotatable bonds is 9. The van der Waals surface area contributed by atoms with E-state index in [-0.39, 0.29) is 17.9 Å². The van der Waals surface area contributed by atoms with Gasteiger partial charge in [-0.3, -0.25) is 9.59 Å². The fraction of sp³-hybridized carbons (Fsp3) is 0.579. The lowest BCUT2D eigenvalue weighted by molar-refractivity contribution is -0.130. The summed E-state index contributed by atoms with van der Waals surface area (Å²) < 4.78 is 5.76. The molecule has 0 bridgehead atoms. The van der Waals surface area contributed by atoms with Crippen LogP contribution < -0.4 is 15.8 Å². The van der Waals surface area contributed by atoms with E-state index in [0.717, 1.165) is 30.9 Å². The molecular weight excluding hydrogens is 332 g/mol. The van der Waals surface area contributed by atoms with Crippen LogP contribution in [0, 0.1) is 0 Å². The fourth-order valence-corrected chi connectivity index (χ4v) is 2.96. The molecule has 1 unspecified atom stereocenters. The third-order valence-electron chi connectivity index (χ3n) is 4.60. The Morgan fingerprint density at radius 3 is 2.65 bits per heavy atom. The van der Waals surface area contributed by atoms with E-state index in [4.69, 9.17) is 10.5 Å². The van der Waals surface area contributed by atoms with Gasteiger partial charge < -0.3 is 25.6 Å². The van der Waals surface area contributed by atoms with Crippen LogP contribution in [0.15, 0.2) is 24.3 Å². The Morgan fingerprint density at radius 1 is 1.27 bits per heavy atom. The first kappa shape index (κ1) is 20.2. The van der Waals surface area contributed by atoms with Gasteiger partial charge in [0.25, 0.3) is 0 Å². The lowest BCUT2D eigenvalue weighted by atomic mass is 10.1. The molecule has 1 aliphatic heterocycles. The molecule has 1 aromatic rings. The highest BCUT2D eigenvalue weighted by Gasteiger charge is 2.18. The number of primary amides is 1. The van der Waals surface area contributed by atoms with Gasteiger partial charge in [-0.1, -0.05) is 19.1 Å². The molecule has 2 rings (SSSR count). The molecule has 0 spiro atoms. The molecule has 7 nitrogen and oxygen atoms in total.